The number of nitrogens with one attached hydrogen (secondary N) is 3. The first kappa shape index (κ1) is 31.1. The fourth-order valence-corrected chi connectivity index (χ4v) is 4.32. The number of anilines is 4. The van der Waals surface area contributed by atoms with Crippen molar-refractivity contribution in [1.29, 1.82) is 0 Å². The molecule has 0 bridgehead atoms. The number of carboxylic acid groups (broad SMARTS) is 2. The minimum atomic E-state index is -4.71. The van der Waals surface area contributed by atoms with Crippen LogP contribution in [0.2, 0.25) is 0 Å². The van der Waals surface area contributed by atoms with E-state index in [1.54, 1.807) is 6.07 Å². The van der Waals surface area contributed by atoms with Gasteiger partial charge < -0.3 is 31.9 Å². The van der Waals surface area contributed by atoms with E-state index >= 15 is 0 Å². The summed E-state index contributed by atoms with van der Waals surface area (Å²) in [5.74, 6) is -2.92. The number of hydrogen-bond donors (Lipinski definition) is 6. The van der Waals surface area contributed by atoms with Crippen LogP contribution >= 0.6 is 0 Å². The van der Waals surface area contributed by atoms with Gasteiger partial charge >= 0.3 is 18.1 Å². The van der Waals surface area contributed by atoms with E-state index in [9.17, 15) is 42.0 Å². The van der Waals surface area contributed by atoms with Crippen LogP contribution in [0.5, 0.6) is 0 Å². The van der Waals surface area contributed by atoms with Crippen LogP contribution in [0, 0.1) is 0 Å². The van der Waals surface area contributed by atoms with Crippen LogP contribution in [0.3, 0.4) is 0 Å². The summed E-state index contributed by atoms with van der Waals surface area (Å²) in [5, 5.41) is 27.4. The molecule has 0 saturated carbocycles. The number of aromatic carboxylic acids is 2. The van der Waals surface area contributed by atoms with E-state index in [1.807, 2.05) is 0 Å². The average Bonchev–Trinajstić information content (AvgIpc) is 2.91. The highest BCUT2D eigenvalue weighted by Crippen LogP contribution is 2.37. The molecule has 1 unspecified atom stereocenters. The molecule has 1 amide bonds. The lowest BCUT2D eigenvalue weighted by Gasteiger charge is -2.19. The van der Waals surface area contributed by atoms with E-state index in [-0.39, 0.29) is 52.6 Å². The first-order valence-electron chi connectivity index (χ1n) is 12.0. The van der Waals surface area contributed by atoms with Crippen molar-refractivity contribution in [3.05, 3.63) is 82.9 Å². The number of carboxylic acids is 2. The molecule has 3 rings (SSSR count). The molecule has 3 aromatic carbocycles. The quantitative estimate of drug-likeness (QED) is 0.179. The summed E-state index contributed by atoms with van der Waals surface area (Å²) in [6.45, 7) is -0.0787. The van der Waals surface area contributed by atoms with Crippen molar-refractivity contribution in [2.75, 3.05) is 22.6 Å². The Kier molecular flexibility index (Phi) is 10.1. The van der Waals surface area contributed by atoms with E-state index in [0.717, 1.165) is 18.2 Å². The largest absolute Gasteiger partial charge is 0.478 e. The van der Waals surface area contributed by atoms with Gasteiger partial charge in [-0.25, -0.2) is 9.59 Å². The third-order valence-corrected chi connectivity index (χ3v) is 6.69. The molecule has 0 radical (unpaired) electrons. The van der Waals surface area contributed by atoms with Crippen LogP contribution in [0.15, 0.2) is 60.7 Å². The summed E-state index contributed by atoms with van der Waals surface area (Å²) in [5.41, 5.74) is 4.68. The average molecular weight is 593 g/mol. The van der Waals surface area contributed by atoms with Gasteiger partial charge in [0.1, 0.15) is 0 Å². The van der Waals surface area contributed by atoms with Gasteiger partial charge in [-0.05, 0) is 54.4 Å². The molecule has 0 aliphatic heterocycles. The fourth-order valence-electron chi connectivity index (χ4n) is 3.73. The number of carbonyl (C=O) groups is 3. The fraction of sp³-hybridized carbons (Fsp3) is 0.222. The number of para-hydroxylation sites is 1. The summed E-state index contributed by atoms with van der Waals surface area (Å²) in [6, 6.07) is 11.6. The van der Waals surface area contributed by atoms with Gasteiger partial charge in [0.25, 0.3) is 0 Å². The van der Waals surface area contributed by atoms with Crippen molar-refractivity contribution in [3.63, 3.8) is 0 Å². The molecule has 218 valence electrons. The Morgan fingerprint density at radius 3 is 2.12 bits per heavy atom. The van der Waals surface area contributed by atoms with Crippen LogP contribution in [-0.4, -0.2) is 50.3 Å². The summed E-state index contributed by atoms with van der Waals surface area (Å²) in [6.07, 6.45) is -3.03. The monoisotopic (exact) mass is 592 g/mol. The van der Waals surface area contributed by atoms with Crippen molar-refractivity contribution in [2.45, 2.75) is 25.2 Å². The zero-order chi connectivity index (χ0) is 30.3. The number of alkyl halides is 3. The van der Waals surface area contributed by atoms with Gasteiger partial charge in [0.05, 0.1) is 45.5 Å². The van der Waals surface area contributed by atoms with E-state index < -0.39 is 46.4 Å². The molecule has 0 saturated heterocycles. The van der Waals surface area contributed by atoms with E-state index in [0.29, 0.717) is 5.56 Å². The molecule has 3 aromatic rings. The normalized spacial score (nSPS) is 12.7. The van der Waals surface area contributed by atoms with Crippen molar-refractivity contribution in [1.82, 2.24) is 5.32 Å². The van der Waals surface area contributed by atoms with Gasteiger partial charge in [-0.1, -0.05) is 18.2 Å². The lowest BCUT2D eigenvalue weighted by atomic mass is 10.1. The second kappa shape index (κ2) is 13.3. The third kappa shape index (κ3) is 8.53. The van der Waals surface area contributed by atoms with Crippen molar-refractivity contribution < 1.29 is 42.0 Å². The first-order valence-corrected chi connectivity index (χ1v) is 13.8. The van der Waals surface area contributed by atoms with Gasteiger partial charge in [0, 0.05) is 29.4 Å². The van der Waals surface area contributed by atoms with E-state index in [2.05, 4.69) is 16.0 Å². The molecule has 41 heavy (non-hydrogen) atoms. The van der Waals surface area contributed by atoms with E-state index in [4.69, 9.17) is 5.73 Å². The van der Waals surface area contributed by atoms with Crippen LogP contribution in [-0.2, 0) is 28.3 Å². The predicted octanol–water partition coefficient (Wildman–Crippen LogP) is 4.30. The number of carbonyl (C=O) groups excluding carboxylic acids is 1. The highest BCUT2D eigenvalue weighted by atomic mass is 32.2. The van der Waals surface area contributed by atoms with Gasteiger partial charge in [-0.2, -0.15) is 13.2 Å². The van der Waals surface area contributed by atoms with Crippen LogP contribution in [0.4, 0.5) is 35.9 Å². The van der Waals surface area contributed by atoms with Crippen molar-refractivity contribution in [2.24, 2.45) is 5.73 Å². The SMILES string of the molecule is CS(=O)CC[C@H](N)C(=O)NCc1ccc(Nc2cc(C(F)(F)F)ccc2Nc2ccccc2C(=O)O)c(C(=O)O)c1. The number of benzene rings is 3. The zero-order valence-corrected chi connectivity index (χ0v) is 22.4. The molecule has 2 atom stereocenters. The summed E-state index contributed by atoms with van der Waals surface area (Å²) in [4.78, 5) is 35.9. The molecule has 10 nitrogen and oxygen atoms in total. The Labute approximate surface area is 235 Å². The Bertz CT molecular complexity index is 1480. The van der Waals surface area contributed by atoms with Gasteiger partial charge in [-0.15, -0.1) is 0 Å². The smallest absolute Gasteiger partial charge is 0.416 e. The van der Waals surface area contributed by atoms with Crippen LogP contribution in [0.1, 0.15) is 38.3 Å². The highest BCUT2D eigenvalue weighted by molar-refractivity contribution is 7.84. The second-order valence-corrected chi connectivity index (χ2v) is 10.5. The number of rotatable bonds is 12. The van der Waals surface area contributed by atoms with Gasteiger partial charge in [0.15, 0.2) is 0 Å². The molecular weight excluding hydrogens is 565 g/mol. The first-order chi connectivity index (χ1) is 19.3. The molecule has 0 spiro atoms. The van der Waals surface area contributed by atoms with Gasteiger partial charge in [-0.3, -0.25) is 9.00 Å². The van der Waals surface area contributed by atoms with E-state index in [1.165, 1.54) is 42.7 Å². The molecule has 0 aromatic heterocycles. The molecular formula is C27H27F3N4O6S. The molecule has 14 heteroatoms. The molecule has 0 heterocycles. The Morgan fingerprint density at radius 1 is 0.878 bits per heavy atom. The van der Waals surface area contributed by atoms with Crippen molar-refractivity contribution in [3.8, 4) is 0 Å². The zero-order valence-electron chi connectivity index (χ0n) is 21.6. The maximum atomic E-state index is 13.5. The summed E-state index contributed by atoms with van der Waals surface area (Å²) in [7, 11) is -1.12. The van der Waals surface area contributed by atoms with Crippen molar-refractivity contribution >= 4 is 51.4 Å². The van der Waals surface area contributed by atoms with Gasteiger partial charge in [0.2, 0.25) is 5.91 Å². The Hall–Kier alpha value is -4.43. The minimum absolute atomic E-state index is 0.0522. The summed E-state index contributed by atoms with van der Waals surface area (Å²) >= 11 is 0. The number of halogens is 3. The lowest BCUT2D eigenvalue weighted by Crippen LogP contribution is -2.41. The molecule has 0 aliphatic rings. The molecule has 0 fully saturated rings. The second-order valence-electron chi connectivity index (χ2n) is 8.93. The maximum absolute atomic E-state index is 13.5. The predicted molar refractivity (Wildman–Crippen MR) is 148 cm³/mol. The standard InChI is InChI=1S/C27H27F3N4O6S/c1-41(40)11-10-19(31)24(35)32-14-15-6-8-21(18(12-15)26(38)39)34-23-13-16(27(28,29)30)7-9-22(23)33-20-5-3-2-4-17(20)25(36)37/h2-9,12-13,19,33-34H,10-11,14,31H2,1H3,(H,32,35)(H,36,37)(H,38,39)/t19-,41?/m0/s1. The Balaban J connectivity index is 1.91. The van der Waals surface area contributed by atoms with Crippen LogP contribution < -0.4 is 21.7 Å². The Morgan fingerprint density at radius 2 is 1.49 bits per heavy atom. The molecule has 0 aliphatic carbocycles. The number of amides is 1. The lowest BCUT2D eigenvalue weighted by molar-refractivity contribution is -0.137. The summed E-state index contributed by atoms with van der Waals surface area (Å²) < 4.78 is 51.8. The highest BCUT2D eigenvalue weighted by Gasteiger charge is 2.31. The third-order valence-electron chi connectivity index (χ3n) is 5.88. The topological polar surface area (TPSA) is 171 Å². The molecule has 7 N–H and O–H groups in total. The number of nitrogens with two attached hydrogens (primary N) is 1. The maximum Gasteiger partial charge on any atom is 0.416 e. The number of hydrogen-bond acceptors (Lipinski definition) is 7. The van der Waals surface area contributed by atoms with Crippen LogP contribution in [0.25, 0.3) is 0 Å². The minimum Gasteiger partial charge on any atom is -0.478 e.